The lowest BCUT2D eigenvalue weighted by atomic mass is 9.76. The van der Waals surface area contributed by atoms with Crippen LogP contribution in [0.15, 0.2) is 42.9 Å². The van der Waals surface area contributed by atoms with Crippen molar-refractivity contribution in [2.24, 2.45) is 5.41 Å². The minimum Gasteiger partial charge on any atom is -0.483 e. The average molecular weight is 212 g/mol. The van der Waals surface area contributed by atoms with Crippen LogP contribution in [-0.4, -0.2) is 22.5 Å². The van der Waals surface area contributed by atoms with E-state index in [0.717, 1.165) is 24.4 Å². The minimum absolute atomic E-state index is 0.107. The molecule has 3 aliphatic rings. The molecule has 1 aromatic heterocycles. The predicted octanol–water partition coefficient (Wildman–Crippen LogP) is 1.73. The monoisotopic (exact) mass is 212 g/mol. The Morgan fingerprint density at radius 3 is 3.44 bits per heavy atom. The number of hydrogen-bond donors (Lipinski definition) is 0. The largest absolute Gasteiger partial charge is 0.483 e. The minimum atomic E-state index is 0.107. The Kier molecular flexibility index (Phi) is 1.40. The van der Waals surface area contributed by atoms with Gasteiger partial charge in [-0.3, -0.25) is 4.98 Å². The summed E-state index contributed by atoms with van der Waals surface area (Å²) in [5.41, 5.74) is 1.19. The molecule has 4 rings (SSSR count). The second kappa shape index (κ2) is 2.67. The summed E-state index contributed by atoms with van der Waals surface area (Å²) in [5, 5.41) is 0. The van der Waals surface area contributed by atoms with Crippen LogP contribution in [0.2, 0.25) is 0 Å². The molecule has 1 aromatic rings. The summed E-state index contributed by atoms with van der Waals surface area (Å²) in [7, 11) is 0. The van der Waals surface area contributed by atoms with E-state index in [9.17, 15) is 0 Å². The van der Waals surface area contributed by atoms with Crippen LogP contribution in [0.5, 0.6) is 5.75 Å². The van der Waals surface area contributed by atoms with Gasteiger partial charge in [-0.25, -0.2) is 0 Å². The number of nitrogens with zero attached hydrogens (tertiary/aromatic N) is 2. The Balaban J connectivity index is 1.85. The summed E-state index contributed by atoms with van der Waals surface area (Å²) in [4.78, 5) is 6.64. The molecule has 0 N–H and O–H groups in total. The molecule has 0 aliphatic carbocycles. The molecular weight excluding hydrogens is 200 g/mol. The van der Waals surface area contributed by atoms with Gasteiger partial charge in [0.25, 0.3) is 0 Å². The molecule has 0 saturated heterocycles. The Morgan fingerprint density at radius 1 is 1.44 bits per heavy atom. The van der Waals surface area contributed by atoms with Crippen LogP contribution >= 0.6 is 0 Å². The third-order valence-electron chi connectivity index (χ3n) is 3.69. The number of fused-ring (bicyclic) bond motifs is 2. The smallest absolute Gasteiger partial charge is 0.141 e. The normalized spacial score (nSPS) is 33.2. The zero-order valence-electron chi connectivity index (χ0n) is 8.84. The van der Waals surface area contributed by atoms with E-state index < -0.39 is 0 Å². The zero-order valence-corrected chi connectivity index (χ0v) is 8.84. The molecule has 4 heterocycles. The Bertz CT molecular complexity index is 506. The van der Waals surface area contributed by atoms with E-state index in [4.69, 9.17) is 4.74 Å². The van der Waals surface area contributed by atoms with Gasteiger partial charge >= 0.3 is 0 Å². The molecule has 1 spiro atoms. The van der Waals surface area contributed by atoms with E-state index in [1.807, 2.05) is 18.3 Å². The van der Waals surface area contributed by atoms with Crippen LogP contribution in [0.1, 0.15) is 5.69 Å². The highest BCUT2D eigenvalue weighted by Crippen LogP contribution is 2.44. The third-order valence-corrected chi connectivity index (χ3v) is 3.69. The van der Waals surface area contributed by atoms with Crippen LogP contribution in [0.4, 0.5) is 0 Å². The van der Waals surface area contributed by atoms with Gasteiger partial charge in [-0.1, -0.05) is 6.08 Å². The van der Waals surface area contributed by atoms with Crippen molar-refractivity contribution in [3.05, 3.63) is 48.6 Å². The SMILES string of the molecule is C1=CN2C=CC3(Cc4ncccc4OC13)C2. The molecule has 80 valence electrons. The van der Waals surface area contributed by atoms with Crippen molar-refractivity contribution in [1.82, 2.24) is 9.88 Å². The van der Waals surface area contributed by atoms with Gasteiger partial charge in [-0.05, 0) is 18.2 Å². The predicted molar refractivity (Wildman–Crippen MR) is 59.8 cm³/mol. The summed E-state index contributed by atoms with van der Waals surface area (Å²) in [6.45, 7) is 1.02. The summed E-state index contributed by atoms with van der Waals surface area (Å²) < 4.78 is 6.03. The fourth-order valence-corrected chi connectivity index (χ4v) is 2.84. The maximum absolute atomic E-state index is 6.03. The van der Waals surface area contributed by atoms with E-state index in [1.165, 1.54) is 0 Å². The lowest BCUT2D eigenvalue weighted by Crippen LogP contribution is -2.47. The van der Waals surface area contributed by atoms with Crippen molar-refractivity contribution in [3.63, 3.8) is 0 Å². The van der Waals surface area contributed by atoms with E-state index in [0.29, 0.717) is 0 Å². The van der Waals surface area contributed by atoms with E-state index in [1.54, 1.807) is 0 Å². The number of rotatable bonds is 0. The molecular formula is C13H12N2O. The van der Waals surface area contributed by atoms with Crippen molar-refractivity contribution in [2.45, 2.75) is 12.5 Å². The Labute approximate surface area is 94.0 Å². The van der Waals surface area contributed by atoms with Gasteiger partial charge in [0.05, 0.1) is 11.1 Å². The van der Waals surface area contributed by atoms with Crippen molar-refractivity contribution in [2.75, 3.05) is 6.54 Å². The number of ether oxygens (including phenoxy) is 1. The van der Waals surface area contributed by atoms with E-state index in [-0.39, 0.29) is 11.5 Å². The Hall–Kier alpha value is -1.77. The van der Waals surface area contributed by atoms with Gasteiger partial charge in [-0.15, -0.1) is 0 Å². The second-order valence-corrected chi connectivity index (χ2v) is 4.73. The highest BCUT2D eigenvalue weighted by molar-refractivity contribution is 5.37. The van der Waals surface area contributed by atoms with Crippen molar-refractivity contribution in [1.29, 1.82) is 0 Å². The fourth-order valence-electron chi connectivity index (χ4n) is 2.84. The molecule has 2 unspecified atom stereocenters. The van der Waals surface area contributed by atoms with Gasteiger partial charge in [0.15, 0.2) is 0 Å². The molecule has 3 aliphatic heterocycles. The van der Waals surface area contributed by atoms with Gasteiger partial charge in [-0.2, -0.15) is 0 Å². The second-order valence-electron chi connectivity index (χ2n) is 4.73. The van der Waals surface area contributed by atoms with Gasteiger partial charge in [0.2, 0.25) is 0 Å². The first-order chi connectivity index (χ1) is 7.86. The summed E-state index contributed by atoms with van der Waals surface area (Å²) in [5.74, 6) is 0.941. The molecule has 0 fully saturated rings. The molecule has 0 saturated carbocycles. The van der Waals surface area contributed by atoms with Crippen LogP contribution in [0.3, 0.4) is 0 Å². The fraction of sp³-hybridized carbons (Fsp3) is 0.308. The molecule has 0 amide bonds. The topological polar surface area (TPSA) is 25.4 Å². The molecule has 2 bridgehead atoms. The first-order valence-corrected chi connectivity index (χ1v) is 5.60. The molecule has 3 heteroatoms. The zero-order chi connectivity index (χ0) is 10.6. The van der Waals surface area contributed by atoms with Gasteiger partial charge in [0.1, 0.15) is 11.9 Å². The van der Waals surface area contributed by atoms with Crippen molar-refractivity contribution in [3.8, 4) is 5.75 Å². The molecule has 0 radical (unpaired) electrons. The highest BCUT2D eigenvalue weighted by atomic mass is 16.5. The molecule has 0 aromatic carbocycles. The first kappa shape index (κ1) is 8.39. The summed E-state index contributed by atoms with van der Waals surface area (Å²) >= 11 is 0. The maximum Gasteiger partial charge on any atom is 0.141 e. The average Bonchev–Trinajstić information content (AvgIpc) is 2.64. The van der Waals surface area contributed by atoms with Crippen LogP contribution in [0.25, 0.3) is 0 Å². The standard InChI is InChI=1S/C13H12N2O/c1-2-11-10(14-5-1)8-13-4-7-15(9-13)6-3-12(13)16-11/h1-7,12H,8-9H2. The van der Waals surface area contributed by atoms with Crippen LogP contribution in [-0.2, 0) is 6.42 Å². The number of aromatic nitrogens is 1. The third kappa shape index (κ3) is 0.953. The van der Waals surface area contributed by atoms with E-state index in [2.05, 4.69) is 34.4 Å². The lowest BCUT2D eigenvalue weighted by molar-refractivity contribution is 0.0822. The van der Waals surface area contributed by atoms with Crippen molar-refractivity contribution >= 4 is 0 Å². The Morgan fingerprint density at radius 2 is 2.44 bits per heavy atom. The quantitative estimate of drug-likeness (QED) is 0.655. The van der Waals surface area contributed by atoms with Crippen LogP contribution < -0.4 is 4.74 Å². The highest BCUT2D eigenvalue weighted by Gasteiger charge is 2.47. The number of pyridine rings is 1. The lowest BCUT2D eigenvalue weighted by Gasteiger charge is -2.41. The first-order valence-electron chi connectivity index (χ1n) is 5.60. The molecule has 3 nitrogen and oxygen atoms in total. The van der Waals surface area contributed by atoms with Gasteiger partial charge in [0, 0.05) is 31.6 Å². The van der Waals surface area contributed by atoms with Gasteiger partial charge < -0.3 is 9.64 Å². The summed E-state index contributed by atoms with van der Waals surface area (Å²) in [6, 6.07) is 3.94. The summed E-state index contributed by atoms with van der Waals surface area (Å²) in [6.07, 6.45) is 11.7. The van der Waals surface area contributed by atoms with Crippen molar-refractivity contribution < 1.29 is 4.74 Å². The number of hydrogen-bond acceptors (Lipinski definition) is 3. The van der Waals surface area contributed by atoms with E-state index >= 15 is 0 Å². The van der Waals surface area contributed by atoms with Crippen LogP contribution in [0, 0.1) is 5.41 Å². The maximum atomic E-state index is 6.03. The molecule has 2 atom stereocenters. The molecule has 16 heavy (non-hydrogen) atoms.